The normalized spacial score (nSPS) is 21.2. The van der Waals surface area contributed by atoms with E-state index >= 15 is 0 Å². The number of nitrogens with one attached hydrogen (secondary N) is 2. The van der Waals surface area contributed by atoms with Gasteiger partial charge in [-0.05, 0) is 50.7 Å². The Morgan fingerprint density at radius 2 is 1.91 bits per heavy atom. The minimum absolute atomic E-state index is 0.160. The molecule has 0 spiro atoms. The van der Waals surface area contributed by atoms with Gasteiger partial charge in [-0.1, -0.05) is 0 Å². The first-order valence-corrected chi connectivity index (χ1v) is 11.7. The second kappa shape index (κ2) is 8.13. The van der Waals surface area contributed by atoms with Crippen LogP contribution in [0.25, 0.3) is 27.8 Å². The number of nitrogens with zero attached hydrogens (tertiary/aromatic N) is 5. The molecule has 1 saturated carbocycles. The fourth-order valence-electron chi connectivity index (χ4n) is 5.19. The summed E-state index contributed by atoms with van der Waals surface area (Å²) in [4.78, 5) is 31.1. The minimum Gasteiger partial charge on any atom is -0.351 e. The van der Waals surface area contributed by atoms with E-state index in [9.17, 15) is 9.18 Å². The van der Waals surface area contributed by atoms with Gasteiger partial charge < -0.3 is 15.2 Å². The van der Waals surface area contributed by atoms with Gasteiger partial charge in [-0.2, -0.15) is 9.37 Å². The van der Waals surface area contributed by atoms with Gasteiger partial charge in [-0.25, -0.2) is 9.97 Å². The van der Waals surface area contributed by atoms with Crippen molar-refractivity contribution in [3.8, 4) is 11.1 Å². The summed E-state index contributed by atoms with van der Waals surface area (Å²) < 4.78 is 15.4. The fraction of sp³-hybridized carbons (Fsp3) is 0.417. The highest BCUT2D eigenvalue weighted by Gasteiger charge is 2.30. The van der Waals surface area contributed by atoms with Gasteiger partial charge in [0.25, 0.3) is 0 Å². The molecule has 8 nitrogen and oxygen atoms in total. The van der Waals surface area contributed by atoms with Crippen LogP contribution < -0.4 is 5.32 Å². The monoisotopic (exact) mass is 447 g/mol. The van der Waals surface area contributed by atoms with E-state index in [0.717, 1.165) is 73.8 Å². The summed E-state index contributed by atoms with van der Waals surface area (Å²) in [6.07, 6.45) is 12.6. The number of carbonyl (C=O) groups is 1. The van der Waals surface area contributed by atoms with Gasteiger partial charge in [0, 0.05) is 60.2 Å². The smallest absolute Gasteiger partial charge is 0.225 e. The molecule has 1 saturated heterocycles. The van der Waals surface area contributed by atoms with Crippen LogP contribution in [0.5, 0.6) is 0 Å². The van der Waals surface area contributed by atoms with Crippen molar-refractivity contribution < 1.29 is 9.18 Å². The van der Waals surface area contributed by atoms with E-state index in [1.54, 1.807) is 18.5 Å². The Balaban J connectivity index is 1.15. The number of hydrogen-bond donors (Lipinski definition) is 2. The molecule has 2 N–H and O–H groups in total. The van der Waals surface area contributed by atoms with Crippen LogP contribution in [0.15, 0.2) is 36.9 Å². The highest BCUT2D eigenvalue weighted by molar-refractivity contribution is 5.93. The van der Waals surface area contributed by atoms with E-state index in [1.165, 1.54) is 10.6 Å². The molecule has 2 fully saturated rings. The lowest BCUT2D eigenvalue weighted by Gasteiger charge is -2.30. The van der Waals surface area contributed by atoms with Crippen molar-refractivity contribution in [2.45, 2.75) is 44.6 Å². The van der Waals surface area contributed by atoms with Crippen LogP contribution in [-0.4, -0.2) is 54.3 Å². The first-order valence-electron chi connectivity index (χ1n) is 11.7. The molecule has 0 aromatic carbocycles. The van der Waals surface area contributed by atoms with Crippen LogP contribution >= 0.6 is 0 Å². The van der Waals surface area contributed by atoms with Gasteiger partial charge in [0.2, 0.25) is 17.8 Å². The van der Waals surface area contributed by atoms with Crippen molar-refractivity contribution in [1.82, 2.24) is 29.2 Å². The standard InChI is InChI=1S/C24H26FN7O/c25-20-13-26-21-8-5-16(14-32(20)21)18-11-27-22-19(18)12-28-24(30-22)29-17-6-3-15(4-7-17)23(33)31-9-1-2-10-31/h5,8,11-15,17H,1-4,6-7,9-10H2,(H2,27,28,29,30). The lowest BCUT2D eigenvalue weighted by molar-refractivity contribution is -0.135. The number of amides is 1. The molecule has 0 atom stereocenters. The second-order valence-electron chi connectivity index (χ2n) is 9.11. The van der Waals surface area contributed by atoms with E-state index in [2.05, 4.69) is 25.3 Å². The van der Waals surface area contributed by atoms with E-state index < -0.39 is 5.95 Å². The number of aromatic nitrogens is 5. The van der Waals surface area contributed by atoms with E-state index in [4.69, 9.17) is 0 Å². The Bertz CT molecular complexity index is 1320. The number of aromatic amines is 1. The van der Waals surface area contributed by atoms with Crippen molar-refractivity contribution >= 4 is 28.5 Å². The van der Waals surface area contributed by atoms with Crippen molar-refractivity contribution in [2.24, 2.45) is 5.92 Å². The number of likely N-dealkylation sites (tertiary alicyclic amines) is 1. The van der Waals surface area contributed by atoms with Crippen molar-refractivity contribution in [2.75, 3.05) is 18.4 Å². The number of rotatable bonds is 4. The zero-order valence-electron chi connectivity index (χ0n) is 18.3. The number of pyridine rings is 1. The van der Waals surface area contributed by atoms with Gasteiger partial charge in [0.1, 0.15) is 11.3 Å². The number of imidazole rings is 1. The van der Waals surface area contributed by atoms with Crippen LogP contribution in [-0.2, 0) is 4.79 Å². The number of carbonyl (C=O) groups excluding carboxylic acids is 1. The molecule has 4 aromatic heterocycles. The zero-order valence-corrected chi connectivity index (χ0v) is 18.3. The highest BCUT2D eigenvalue weighted by atomic mass is 19.1. The number of H-pyrrole nitrogens is 1. The van der Waals surface area contributed by atoms with Crippen molar-refractivity contribution in [1.29, 1.82) is 0 Å². The number of fused-ring (bicyclic) bond motifs is 2. The van der Waals surface area contributed by atoms with Gasteiger partial charge in [-0.3, -0.25) is 9.20 Å². The Hall–Kier alpha value is -3.49. The fourth-order valence-corrected chi connectivity index (χ4v) is 5.19. The molecule has 6 rings (SSSR count). The molecule has 0 radical (unpaired) electrons. The molecular weight excluding hydrogens is 421 g/mol. The molecule has 9 heteroatoms. The molecule has 0 unspecified atom stereocenters. The summed E-state index contributed by atoms with van der Waals surface area (Å²) >= 11 is 0. The third-order valence-corrected chi connectivity index (χ3v) is 7.03. The molecule has 170 valence electrons. The molecule has 33 heavy (non-hydrogen) atoms. The summed E-state index contributed by atoms with van der Waals surface area (Å²) in [6, 6.07) is 3.98. The summed E-state index contributed by atoms with van der Waals surface area (Å²) in [6.45, 7) is 1.85. The first kappa shape index (κ1) is 20.1. The highest BCUT2D eigenvalue weighted by Crippen LogP contribution is 2.31. The molecule has 2 aliphatic rings. The Morgan fingerprint density at radius 3 is 2.73 bits per heavy atom. The van der Waals surface area contributed by atoms with Crippen LogP contribution in [0.2, 0.25) is 0 Å². The summed E-state index contributed by atoms with van der Waals surface area (Å²) in [5.74, 6) is 0.692. The number of halogens is 1. The zero-order chi connectivity index (χ0) is 22.4. The Kier molecular flexibility index (Phi) is 4.96. The molecule has 1 amide bonds. The molecule has 1 aliphatic heterocycles. The summed E-state index contributed by atoms with van der Waals surface area (Å²) in [5, 5.41) is 4.33. The van der Waals surface area contributed by atoms with Gasteiger partial charge in [-0.15, -0.1) is 0 Å². The largest absolute Gasteiger partial charge is 0.351 e. The van der Waals surface area contributed by atoms with E-state index in [-0.39, 0.29) is 12.0 Å². The van der Waals surface area contributed by atoms with E-state index in [1.807, 2.05) is 17.2 Å². The van der Waals surface area contributed by atoms with Gasteiger partial charge in [0.05, 0.1) is 6.20 Å². The third kappa shape index (κ3) is 3.71. The molecule has 5 heterocycles. The van der Waals surface area contributed by atoms with Gasteiger partial charge in [0.15, 0.2) is 0 Å². The summed E-state index contributed by atoms with van der Waals surface area (Å²) in [5.41, 5.74) is 3.06. The Morgan fingerprint density at radius 1 is 1.09 bits per heavy atom. The maximum Gasteiger partial charge on any atom is 0.225 e. The predicted molar refractivity (Wildman–Crippen MR) is 123 cm³/mol. The number of anilines is 1. The molecule has 4 aromatic rings. The lowest BCUT2D eigenvalue weighted by atomic mass is 9.85. The van der Waals surface area contributed by atoms with Crippen LogP contribution in [0.3, 0.4) is 0 Å². The SMILES string of the molecule is O=C(C1CCC(Nc2ncc3c(-c4ccc5ncc(F)n5c4)c[nH]c3n2)CC1)N1CCCC1. The minimum atomic E-state index is -0.397. The average Bonchev–Trinajstić information content (AvgIpc) is 3.59. The molecular formula is C24H26FN7O. The lowest BCUT2D eigenvalue weighted by Crippen LogP contribution is -2.37. The summed E-state index contributed by atoms with van der Waals surface area (Å²) in [7, 11) is 0. The van der Waals surface area contributed by atoms with Gasteiger partial charge >= 0.3 is 0 Å². The molecule has 1 aliphatic carbocycles. The topological polar surface area (TPSA) is 91.2 Å². The predicted octanol–water partition coefficient (Wildman–Crippen LogP) is 4.00. The maximum absolute atomic E-state index is 13.9. The Labute approximate surface area is 190 Å². The first-order chi connectivity index (χ1) is 16.2. The second-order valence-corrected chi connectivity index (χ2v) is 9.11. The number of hydrogen-bond acceptors (Lipinski definition) is 5. The van der Waals surface area contributed by atoms with Crippen molar-refractivity contribution in [3.63, 3.8) is 0 Å². The molecule has 0 bridgehead atoms. The van der Waals surface area contributed by atoms with Crippen molar-refractivity contribution in [3.05, 3.63) is 42.9 Å². The average molecular weight is 448 g/mol. The quantitative estimate of drug-likeness (QED) is 0.493. The van der Waals surface area contributed by atoms with E-state index in [0.29, 0.717) is 17.5 Å². The van der Waals surface area contributed by atoms with Crippen LogP contribution in [0.1, 0.15) is 38.5 Å². The van der Waals surface area contributed by atoms with Crippen LogP contribution in [0, 0.1) is 11.9 Å². The van der Waals surface area contributed by atoms with Crippen LogP contribution in [0.4, 0.5) is 10.3 Å². The third-order valence-electron chi connectivity index (χ3n) is 7.03. The maximum atomic E-state index is 13.9.